The molecule has 6 heteroatoms. The molecule has 0 aliphatic heterocycles. The first-order valence-corrected chi connectivity index (χ1v) is 10.3. The molecule has 2 aromatic heterocycles. The first-order valence-electron chi connectivity index (χ1n) is 9.91. The fourth-order valence-electron chi connectivity index (χ4n) is 3.45. The smallest absolute Gasteiger partial charge is 0.165 e. The van der Waals surface area contributed by atoms with E-state index in [0.29, 0.717) is 6.54 Å². The molecule has 0 aliphatic rings. The zero-order valence-electron chi connectivity index (χ0n) is 16.6. The zero-order valence-corrected chi connectivity index (χ0v) is 17.3. The number of aromatic nitrogens is 3. The van der Waals surface area contributed by atoms with Crippen LogP contribution >= 0.6 is 11.6 Å². The maximum Gasteiger partial charge on any atom is 0.165 e. The quantitative estimate of drug-likeness (QED) is 0.339. The molecule has 31 heavy (non-hydrogen) atoms. The number of halogens is 1. The third-order valence-electron chi connectivity index (χ3n) is 4.91. The van der Waals surface area contributed by atoms with Crippen LogP contribution in [0.1, 0.15) is 5.56 Å². The van der Waals surface area contributed by atoms with Gasteiger partial charge in [-0.05, 0) is 42.0 Å². The maximum atomic E-state index is 6.14. The van der Waals surface area contributed by atoms with Crippen molar-refractivity contribution in [2.45, 2.75) is 6.54 Å². The van der Waals surface area contributed by atoms with E-state index in [1.807, 2.05) is 91.1 Å². The number of nitrogens with one attached hydrogen (secondary N) is 1. The van der Waals surface area contributed by atoms with Crippen LogP contribution in [0.3, 0.4) is 0 Å². The van der Waals surface area contributed by atoms with Crippen LogP contribution in [-0.4, -0.2) is 14.6 Å². The van der Waals surface area contributed by atoms with Gasteiger partial charge in [-0.2, -0.15) is 9.61 Å². The van der Waals surface area contributed by atoms with Crippen molar-refractivity contribution in [3.63, 3.8) is 0 Å². The third-order valence-corrected chi connectivity index (χ3v) is 5.15. The first-order chi connectivity index (χ1) is 15.3. The highest BCUT2D eigenvalue weighted by molar-refractivity contribution is 6.30. The summed E-state index contributed by atoms with van der Waals surface area (Å²) in [7, 11) is 0. The van der Waals surface area contributed by atoms with Crippen molar-refractivity contribution in [1.82, 2.24) is 14.6 Å². The number of nitrogens with zero attached hydrogens (tertiary/aromatic N) is 3. The molecule has 2 heterocycles. The molecular formula is C25H19ClN4O. The molecule has 0 saturated heterocycles. The highest BCUT2D eigenvalue weighted by atomic mass is 35.5. The lowest BCUT2D eigenvalue weighted by Crippen LogP contribution is -2.05. The predicted octanol–water partition coefficient (Wildman–Crippen LogP) is 6.45. The second-order valence-electron chi connectivity index (χ2n) is 7.02. The Hall–Kier alpha value is -3.83. The standard InChI is InChI=1S/C25H19ClN4O/c26-19-8-6-7-18(15-19)16-28-24-13-14-27-25-22(17-29-30(24)25)21-11-4-5-12-23(21)31-20-9-2-1-3-10-20/h1-15,17,28H,16H2. The average Bonchev–Trinajstić information content (AvgIpc) is 3.23. The number of hydrogen-bond acceptors (Lipinski definition) is 4. The van der Waals surface area contributed by atoms with Gasteiger partial charge in [-0.1, -0.05) is 60.1 Å². The Morgan fingerprint density at radius 1 is 0.871 bits per heavy atom. The Morgan fingerprint density at radius 3 is 2.58 bits per heavy atom. The molecule has 0 spiro atoms. The van der Waals surface area contributed by atoms with Gasteiger partial charge in [0.2, 0.25) is 0 Å². The Labute approximate surface area is 184 Å². The molecule has 0 amide bonds. The molecule has 0 aliphatic carbocycles. The van der Waals surface area contributed by atoms with Crippen LogP contribution < -0.4 is 10.1 Å². The summed E-state index contributed by atoms with van der Waals surface area (Å²) in [4.78, 5) is 4.58. The molecule has 1 N–H and O–H groups in total. The summed E-state index contributed by atoms with van der Waals surface area (Å²) in [5, 5.41) is 8.72. The molecule has 152 valence electrons. The van der Waals surface area contributed by atoms with E-state index >= 15 is 0 Å². The lowest BCUT2D eigenvalue weighted by Gasteiger charge is -2.11. The summed E-state index contributed by atoms with van der Waals surface area (Å²) in [6, 6.07) is 27.3. The van der Waals surface area contributed by atoms with E-state index in [9.17, 15) is 0 Å². The Kier molecular flexibility index (Phi) is 5.25. The molecule has 0 fully saturated rings. The Bertz CT molecular complexity index is 1330. The highest BCUT2D eigenvalue weighted by Crippen LogP contribution is 2.35. The van der Waals surface area contributed by atoms with Crippen LogP contribution in [0.25, 0.3) is 16.8 Å². The molecule has 0 atom stereocenters. The topological polar surface area (TPSA) is 51.5 Å². The van der Waals surface area contributed by atoms with E-state index in [-0.39, 0.29) is 0 Å². The van der Waals surface area contributed by atoms with E-state index in [2.05, 4.69) is 15.4 Å². The fourth-order valence-corrected chi connectivity index (χ4v) is 3.66. The van der Waals surface area contributed by atoms with Gasteiger partial charge >= 0.3 is 0 Å². The van der Waals surface area contributed by atoms with Crippen molar-refractivity contribution >= 4 is 23.1 Å². The number of benzene rings is 3. The number of ether oxygens (including phenoxy) is 1. The number of para-hydroxylation sites is 2. The van der Waals surface area contributed by atoms with E-state index in [0.717, 1.165) is 44.7 Å². The molecule has 5 nitrogen and oxygen atoms in total. The summed E-state index contributed by atoms with van der Waals surface area (Å²) in [5.41, 5.74) is 3.67. The maximum absolute atomic E-state index is 6.14. The second-order valence-corrected chi connectivity index (χ2v) is 7.45. The molecule has 5 aromatic rings. The molecule has 5 rings (SSSR count). The minimum absolute atomic E-state index is 0.628. The summed E-state index contributed by atoms with van der Waals surface area (Å²) >= 11 is 6.10. The van der Waals surface area contributed by atoms with E-state index < -0.39 is 0 Å². The van der Waals surface area contributed by atoms with E-state index in [1.165, 1.54) is 0 Å². The van der Waals surface area contributed by atoms with Gasteiger partial charge in [0.05, 0.1) is 11.8 Å². The van der Waals surface area contributed by atoms with Gasteiger partial charge in [0.1, 0.15) is 17.3 Å². The molecule has 0 saturated carbocycles. The highest BCUT2D eigenvalue weighted by Gasteiger charge is 2.15. The SMILES string of the molecule is Clc1cccc(CNc2ccnc3c(-c4ccccc4Oc4ccccc4)cnn23)c1. The van der Waals surface area contributed by atoms with Gasteiger partial charge in [0.15, 0.2) is 5.65 Å². The van der Waals surface area contributed by atoms with Gasteiger partial charge in [-0.3, -0.25) is 0 Å². The lowest BCUT2D eigenvalue weighted by atomic mass is 10.1. The van der Waals surface area contributed by atoms with Crippen molar-refractivity contribution < 1.29 is 4.74 Å². The van der Waals surface area contributed by atoms with Crippen LogP contribution in [0.4, 0.5) is 5.82 Å². The van der Waals surface area contributed by atoms with Crippen molar-refractivity contribution in [3.05, 3.63) is 108 Å². The summed E-state index contributed by atoms with van der Waals surface area (Å²) in [6.45, 7) is 0.628. The first kappa shape index (κ1) is 19.2. The van der Waals surface area contributed by atoms with E-state index in [1.54, 1.807) is 10.7 Å². The largest absolute Gasteiger partial charge is 0.457 e. The minimum Gasteiger partial charge on any atom is -0.457 e. The fraction of sp³-hybridized carbons (Fsp3) is 0.0400. The van der Waals surface area contributed by atoms with Crippen LogP contribution in [0.2, 0.25) is 5.02 Å². The average molecular weight is 427 g/mol. The van der Waals surface area contributed by atoms with Gasteiger partial charge in [0.25, 0.3) is 0 Å². The van der Waals surface area contributed by atoms with Crippen LogP contribution in [0.5, 0.6) is 11.5 Å². The molecule has 0 unspecified atom stereocenters. The monoisotopic (exact) mass is 426 g/mol. The van der Waals surface area contributed by atoms with E-state index in [4.69, 9.17) is 16.3 Å². The summed E-state index contributed by atoms with van der Waals surface area (Å²) in [5.74, 6) is 2.38. The number of hydrogen-bond donors (Lipinski definition) is 1. The third kappa shape index (κ3) is 4.09. The summed E-state index contributed by atoms with van der Waals surface area (Å²) < 4.78 is 7.94. The normalized spacial score (nSPS) is 10.9. The van der Waals surface area contributed by atoms with Gasteiger partial charge < -0.3 is 10.1 Å². The van der Waals surface area contributed by atoms with Crippen LogP contribution in [0.15, 0.2) is 97.3 Å². The van der Waals surface area contributed by atoms with Crippen LogP contribution in [0, 0.1) is 0 Å². The second kappa shape index (κ2) is 8.50. The molecule has 3 aromatic carbocycles. The Balaban J connectivity index is 1.48. The van der Waals surface area contributed by atoms with Crippen molar-refractivity contribution in [2.75, 3.05) is 5.32 Å². The molecule has 0 radical (unpaired) electrons. The predicted molar refractivity (Wildman–Crippen MR) is 124 cm³/mol. The number of fused-ring (bicyclic) bond motifs is 1. The van der Waals surface area contributed by atoms with Crippen LogP contribution in [-0.2, 0) is 6.54 Å². The molecular weight excluding hydrogens is 408 g/mol. The van der Waals surface area contributed by atoms with Crippen molar-refractivity contribution in [2.24, 2.45) is 0 Å². The molecule has 0 bridgehead atoms. The lowest BCUT2D eigenvalue weighted by molar-refractivity contribution is 0.484. The summed E-state index contributed by atoms with van der Waals surface area (Å²) in [6.07, 6.45) is 3.60. The Morgan fingerprint density at radius 2 is 1.71 bits per heavy atom. The van der Waals surface area contributed by atoms with Crippen molar-refractivity contribution in [1.29, 1.82) is 0 Å². The van der Waals surface area contributed by atoms with Gasteiger partial charge in [-0.15, -0.1) is 0 Å². The minimum atomic E-state index is 0.628. The zero-order chi connectivity index (χ0) is 21.0. The van der Waals surface area contributed by atoms with Crippen molar-refractivity contribution in [3.8, 4) is 22.6 Å². The van der Waals surface area contributed by atoms with Gasteiger partial charge in [0, 0.05) is 23.3 Å². The number of anilines is 1. The number of rotatable bonds is 6. The van der Waals surface area contributed by atoms with Gasteiger partial charge in [-0.25, -0.2) is 4.98 Å².